The van der Waals surface area contributed by atoms with Crippen LogP contribution in [-0.2, 0) is 13.2 Å². The molecule has 0 radical (unpaired) electrons. The maximum Gasteiger partial charge on any atom is 0.223 e. The van der Waals surface area contributed by atoms with E-state index >= 15 is 0 Å². The fourth-order valence-electron chi connectivity index (χ4n) is 1.68. The van der Waals surface area contributed by atoms with Gasteiger partial charge in [0.1, 0.15) is 5.75 Å². The Morgan fingerprint density at radius 2 is 2.10 bits per heavy atom. The molecular formula is C15H20BrN3O2. The second kappa shape index (κ2) is 6.58. The summed E-state index contributed by atoms with van der Waals surface area (Å²) in [4.78, 5) is 4.11. The molecule has 2 rings (SSSR count). The topological polar surface area (TPSA) is 60.2 Å². The van der Waals surface area contributed by atoms with Crippen molar-refractivity contribution in [2.45, 2.75) is 46.4 Å². The number of nitrogens with one attached hydrogen (secondary N) is 1. The Morgan fingerprint density at radius 1 is 1.33 bits per heavy atom. The first-order valence-corrected chi connectivity index (χ1v) is 7.58. The second-order valence-corrected chi connectivity index (χ2v) is 6.73. The minimum atomic E-state index is 0.0679. The van der Waals surface area contributed by atoms with Crippen molar-refractivity contribution >= 4 is 15.9 Å². The molecule has 21 heavy (non-hydrogen) atoms. The Kier molecular flexibility index (Phi) is 5.00. The highest BCUT2D eigenvalue weighted by Gasteiger charge is 2.11. The van der Waals surface area contributed by atoms with Gasteiger partial charge in [-0.2, -0.15) is 4.98 Å². The standard InChI is InChI=1S/C15H20BrN3O2/c1-10-18-14(19-21-10)9-20-12-5-6-13(16)11(7-12)8-17-15(2,3)4/h5-7,17H,8-9H2,1-4H3. The molecule has 0 saturated carbocycles. The van der Waals surface area contributed by atoms with E-state index in [4.69, 9.17) is 9.26 Å². The molecule has 2 aromatic rings. The summed E-state index contributed by atoms with van der Waals surface area (Å²) in [5, 5.41) is 7.26. The minimum absolute atomic E-state index is 0.0679. The molecule has 6 heteroatoms. The number of halogens is 1. The number of benzene rings is 1. The highest BCUT2D eigenvalue weighted by molar-refractivity contribution is 9.10. The summed E-state index contributed by atoms with van der Waals surface area (Å²) in [5.41, 5.74) is 1.21. The van der Waals surface area contributed by atoms with Gasteiger partial charge in [-0.25, -0.2) is 0 Å². The summed E-state index contributed by atoms with van der Waals surface area (Å²) >= 11 is 3.56. The van der Waals surface area contributed by atoms with E-state index in [0.717, 1.165) is 22.3 Å². The fourth-order valence-corrected chi connectivity index (χ4v) is 2.07. The number of hydrogen-bond acceptors (Lipinski definition) is 5. The largest absolute Gasteiger partial charge is 0.485 e. The van der Waals surface area contributed by atoms with Gasteiger partial charge in [0.15, 0.2) is 6.61 Å². The molecule has 5 nitrogen and oxygen atoms in total. The third-order valence-electron chi connectivity index (χ3n) is 2.76. The van der Waals surface area contributed by atoms with Gasteiger partial charge < -0.3 is 14.6 Å². The van der Waals surface area contributed by atoms with Crippen LogP contribution in [0.2, 0.25) is 0 Å². The van der Waals surface area contributed by atoms with Crippen molar-refractivity contribution in [3.05, 3.63) is 40.0 Å². The Hall–Kier alpha value is -1.40. The average molecular weight is 354 g/mol. The maximum absolute atomic E-state index is 5.70. The van der Waals surface area contributed by atoms with Gasteiger partial charge in [-0.15, -0.1) is 0 Å². The molecule has 1 aromatic carbocycles. The van der Waals surface area contributed by atoms with Gasteiger partial charge in [-0.05, 0) is 44.5 Å². The smallest absolute Gasteiger partial charge is 0.223 e. The van der Waals surface area contributed by atoms with Crippen molar-refractivity contribution in [1.29, 1.82) is 0 Å². The highest BCUT2D eigenvalue weighted by atomic mass is 79.9. The normalized spacial score (nSPS) is 11.7. The molecule has 0 amide bonds. The van der Waals surface area contributed by atoms with Crippen LogP contribution in [0.5, 0.6) is 5.75 Å². The van der Waals surface area contributed by atoms with Gasteiger partial charge in [0, 0.05) is 23.5 Å². The summed E-state index contributed by atoms with van der Waals surface area (Å²) < 4.78 is 11.7. The van der Waals surface area contributed by atoms with Crippen molar-refractivity contribution in [3.63, 3.8) is 0 Å². The Bertz CT molecular complexity index is 605. The third-order valence-corrected chi connectivity index (χ3v) is 3.54. The first kappa shape index (κ1) is 16.0. The van der Waals surface area contributed by atoms with E-state index in [9.17, 15) is 0 Å². The van der Waals surface area contributed by atoms with Crippen LogP contribution in [0, 0.1) is 6.92 Å². The number of rotatable bonds is 5. The van der Waals surface area contributed by atoms with Crippen LogP contribution in [-0.4, -0.2) is 15.7 Å². The van der Waals surface area contributed by atoms with Crippen molar-refractivity contribution in [1.82, 2.24) is 15.5 Å². The van der Waals surface area contributed by atoms with Crippen LogP contribution in [0.3, 0.4) is 0 Å². The van der Waals surface area contributed by atoms with Gasteiger partial charge in [0.25, 0.3) is 0 Å². The summed E-state index contributed by atoms with van der Waals surface area (Å²) in [6.07, 6.45) is 0. The predicted molar refractivity (Wildman–Crippen MR) is 84.1 cm³/mol. The molecule has 1 N–H and O–H groups in total. The zero-order valence-corrected chi connectivity index (χ0v) is 14.3. The minimum Gasteiger partial charge on any atom is -0.485 e. The first-order valence-electron chi connectivity index (χ1n) is 6.79. The van der Waals surface area contributed by atoms with Crippen LogP contribution in [0.15, 0.2) is 27.2 Å². The van der Waals surface area contributed by atoms with Crippen LogP contribution < -0.4 is 10.1 Å². The van der Waals surface area contributed by atoms with Gasteiger partial charge in [-0.1, -0.05) is 21.1 Å². The van der Waals surface area contributed by atoms with Crippen LogP contribution in [0.4, 0.5) is 0 Å². The lowest BCUT2D eigenvalue weighted by Gasteiger charge is -2.21. The molecule has 0 fully saturated rings. The van der Waals surface area contributed by atoms with Crippen LogP contribution in [0.25, 0.3) is 0 Å². The SMILES string of the molecule is Cc1nc(COc2ccc(Br)c(CNC(C)(C)C)c2)no1. The molecule has 1 aromatic heterocycles. The van der Waals surface area contributed by atoms with E-state index in [-0.39, 0.29) is 5.54 Å². The lowest BCUT2D eigenvalue weighted by Crippen LogP contribution is -2.35. The number of nitrogens with zero attached hydrogens (tertiary/aromatic N) is 2. The maximum atomic E-state index is 5.70. The molecule has 0 bridgehead atoms. The molecule has 0 aliphatic heterocycles. The zero-order valence-electron chi connectivity index (χ0n) is 12.7. The highest BCUT2D eigenvalue weighted by Crippen LogP contribution is 2.23. The third kappa shape index (κ3) is 5.13. The fraction of sp³-hybridized carbons (Fsp3) is 0.467. The number of hydrogen-bond donors (Lipinski definition) is 1. The van der Waals surface area contributed by atoms with E-state index in [1.54, 1.807) is 6.92 Å². The summed E-state index contributed by atoms with van der Waals surface area (Å²) in [6, 6.07) is 5.91. The molecule has 114 valence electrons. The number of aromatic nitrogens is 2. The lowest BCUT2D eigenvalue weighted by molar-refractivity contribution is 0.285. The lowest BCUT2D eigenvalue weighted by atomic mass is 10.1. The van der Waals surface area contributed by atoms with Crippen molar-refractivity contribution in [2.24, 2.45) is 0 Å². The van der Waals surface area contributed by atoms with Gasteiger partial charge in [0.2, 0.25) is 11.7 Å². The van der Waals surface area contributed by atoms with E-state index in [1.807, 2.05) is 18.2 Å². The Balaban J connectivity index is 2.00. The number of aryl methyl sites for hydroxylation is 1. The zero-order chi connectivity index (χ0) is 15.5. The first-order chi connectivity index (χ1) is 9.83. The monoisotopic (exact) mass is 353 g/mol. The molecule has 0 aliphatic rings. The molecule has 0 aliphatic carbocycles. The van der Waals surface area contributed by atoms with Crippen LogP contribution in [0.1, 0.15) is 38.0 Å². The van der Waals surface area contributed by atoms with Crippen LogP contribution >= 0.6 is 15.9 Å². The molecule has 0 saturated heterocycles. The van der Waals surface area contributed by atoms with Crippen molar-refractivity contribution in [2.75, 3.05) is 0 Å². The second-order valence-electron chi connectivity index (χ2n) is 5.88. The summed E-state index contributed by atoms with van der Waals surface area (Å²) in [7, 11) is 0. The molecular weight excluding hydrogens is 334 g/mol. The summed E-state index contributed by atoms with van der Waals surface area (Å²) in [5.74, 6) is 1.87. The summed E-state index contributed by atoms with van der Waals surface area (Å²) in [6.45, 7) is 9.24. The molecule has 0 atom stereocenters. The van der Waals surface area contributed by atoms with E-state index in [0.29, 0.717) is 18.3 Å². The molecule has 1 heterocycles. The van der Waals surface area contributed by atoms with Gasteiger partial charge in [-0.3, -0.25) is 0 Å². The van der Waals surface area contributed by atoms with E-state index < -0.39 is 0 Å². The van der Waals surface area contributed by atoms with Crippen molar-refractivity contribution in [3.8, 4) is 5.75 Å². The van der Waals surface area contributed by atoms with Gasteiger partial charge >= 0.3 is 0 Å². The molecule has 0 unspecified atom stereocenters. The van der Waals surface area contributed by atoms with Crippen molar-refractivity contribution < 1.29 is 9.26 Å². The Labute approximate surface area is 133 Å². The number of ether oxygens (including phenoxy) is 1. The Morgan fingerprint density at radius 3 is 2.71 bits per heavy atom. The van der Waals surface area contributed by atoms with E-state index in [1.165, 1.54) is 0 Å². The molecule has 0 spiro atoms. The quantitative estimate of drug-likeness (QED) is 0.889. The predicted octanol–water partition coefficient (Wildman–Crippen LogP) is 3.61. The van der Waals surface area contributed by atoms with Gasteiger partial charge in [0.05, 0.1) is 0 Å². The van der Waals surface area contributed by atoms with E-state index in [2.05, 4.69) is 52.2 Å². The average Bonchev–Trinajstić information content (AvgIpc) is 2.81.